The second kappa shape index (κ2) is 21.8. The highest BCUT2D eigenvalue weighted by Crippen LogP contribution is 2.33. The summed E-state index contributed by atoms with van der Waals surface area (Å²) in [5.41, 5.74) is -7.06. The molecule has 0 radical (unpaired) electrons. The average Bonchev–Trinajstić information content (AvgIpc) is 3.06. The van der Waals surface area contributed by atoms with Gasteiger partial charge in [0.05, 0.1) is 53.2 Å². The molecule has 0 fully saturated rings. The van der Waals surface area contributed by atoms with Crippen LogP contribution in [0.3, 0.4) is 0 Å². The zero-order chi connectivity index (χ0) is 36.4. The van der Waals surface area contributed by atoms with E-state index in [1.165, 1.54) is 0 Å². The monoisotopic (exact) mass is 678 g/mol. The summed E-state index contributed by atoms with van der Waals surface area (Å²) in [5, 5.41) is 30.6. The summed E-state index contributed by atoms with van der Waals surface area (Å²) < 4.78 is 16.5. The van der Waals surface area contributed by atoms with E-state index < -0.39 is 69.2 Å². The number of rotatable bonds is 24. The predicted molar refractivity (Wildman–Crippen MR) is 178 cm³/mol. The Morgan fingerprint density at radius 2 is 0.667 bits per heavy atom. The van der Waals surface area contributed by atoms with Gasteiger partial charge >= 0.3 is 35.8 Å². The van der Waals surface area contributed by atoms with Crippen molar-refractivity contribution in [1.82, 2.24) is 0 Å². The number of carboxylic acids is 3. The lowest BCUT2D eigenvalue weighted by Crippen LogP contribution is -2.31. The zero-order valence-electron chi connectivity index (χ0n) is 29.4. The third kappa shape index (κ3) is 11.9. The van der Waals surface area contributed by atoms with Crippen molar-refractivity contribution in [3.05, 3.63) is 33.4 Å². The Morgan fingerprint density at radius 3 is 0.875 bits per heavy atom. The summed E-state index contributed by atoms with van der Waals surface area (Å²) in [4.78, 5) is 79.4. The van der Waals surface area contributed by atoms with Crippen LogP contribution in [-0.2, 0) is 14.2 Å². The third-order valence-corrected chi connectivity index (χ3v) is 8.73. The lowest BCUT2D eigenvalue weighted by molar-refractivity contribution is 0.0354. The topological polar surface area (TPSA) is 191 Å². The van der Waals surface area contributed by atoms with Crippen LogP contribution in [0.15, 0.2) is 0 Å². The van der Waals surface area contributed by atoms with Gasteiger partial charge in [-0.2, -0.15) is 0 Å². The summed E-state index contributed by atoms with van der Waals surface area (Å²) >= 11 is 0. The quantitative estimate of drug-likeness (QED) is 0.0708. The van der Waals surface area contributed by atoms with Gasteiger partial charge in [0.15, 0.2) is 0 Å². The molecule has 0 aromatic heterocycles. The van der Waals surface area contributed by atoms with E-state index >= 15 is 0 Å². The molecule has 0 aliphatic carbocycles. The molecule has 48 heavy (non-hydrogen) atoms. The van der Waals surface area contributed by atoms with Gasteiger partial charge in [-0.3, -0.25) is 0 Å². The van der Waals surface area contributed by atoms with Crippen molar-refractivity contribution < 1.29 is 58.3 Å². The van der Waals surface area contributed by atoms with E-state index in [-0.39, 0.29) is 37.6 Å². The molecule has 0 amide bonds. The SMILES string of the molecule is CCCCC(CC)COC(=O)c1c(C(=O)O)c(C(=O)O)c(C(=O)O)c(C(=O)OCC(CC)CCCC)c1C(=O)OCC(CC)CCCC. The van der Waals surface area contributed by atoms with Gasteiger partial charge in [0.2, 0.25) is 0 Å². The van der Waals surface area contributed by atoms with Crippen molar-refractivity contribution in [2.24, 2.45) is 17.8 Å². The number of benzene rings is 1. The zero-order valence-corrected chi connectivity index (χ0v) is 29.4. The number of carboxylic acid groups (broad SMARTS) is 3. The van der Waals surface area contributed by atoms with Gasteiger partial charge in [0.1, 0.15) is 0 Å². The minimum absolute atomic E-state index is 0.122. The molecule has 1 aromatic rings. The van der Waals surface area contributed by atoms with E-state index in [0.29, 0.717) is 38.5 Å². The molecule has 1 aromatic carbocycles. The number of carbonyl (C=O) groups is 6. The predicted octanol–water partition coefficient (Wildman–Crippen LogP) is 7.90. The van der Waals surface area contributed by atoms with Gasteiger partial charge in [0.25, 0.3) is 0 Å². The fourth-order valence-corrected chi connectivity index (χ4v) is 5.50. The van der Waals surface area contributed by atoms with Gasteiger partial charge in [0, 0.05) is 0 Å². The first-order chi connectivity index (χ1) is 22.8. The molecule has 0 saturated carbocycles. The van der Waals surface area contributed by atoms with Crippen LogP contribution in [0, 0.1) is 17.8 Å². The third-order valence-electron chi connectivity index (χ3n) is 8.73. The van der Waals surface area contributed by atoms with E-state index in [1.807, 2.05) is 41.5 Å². The molecule has 0 heterocycles. The molecule has 0 aliphatic rings. The van der Waals surface area contributed by atoms with E-state index in [4.69, 9.17) is 14.2 Å². The summed E-state index contributed by atoms with van der Waals surface area (Å²) in [6.45, 7) is 11.1. The molecule has 0 spiro atoms. The Bertz CT molecular complexity index is 1200. The second-order valence-electron chi connectivity index (χ2n) is 12.2. The molecule has 12 heteroatoms. The normalized spacial score (nSPS) is 12.9. The van der Waals surface area contributed by atoms with Crippen LogP contribution in [0.5, 0.6) is 0 Å². The lowest BCUT2D eigenvalue weighted by Gasteiger charge is -2.22. The number of ether oxygens (including phenoxy) is 3. The number of esters is 3. The fourth-order valence-electron chi connectivity index (χ4n) is 5.50. The Labute approximate surface area is 283 Å². The number of unbranched alkanes of at least 4 members (excludes halogenated alkanes) is 3. The molecule has 0 saturated heterocycles. The molecule has 0 bridgehead atoms. The minimum Gasteiger partial charge on any atom is -0.478 e. The average molecular weight is 679 g/mol. The maximum absolute atomic E-state index is 13.9. The van der Waals surface area contributed by atoms with Crippen molar-refractivity contribution in [2.45, 2.75) is 119 Å². The van der Waals surface area contributed by atoms with Gasteiger partial charge in [-0.1, -0.05) is 99.3 Å². The lowest BCUT2D eigenvalue weighted by atomic mass is 9.85. The molecule has 3 atom stereocenters. The van der Waals surface area contributed by atoms with Crippen molar-refractivity contribution in [3.63, 3.8) is 0 Å². The highest BCUT2D eigenvalue weighted by atomic mass is 16.5. The summed E-state index contributed by atoms with van der Waals surface area (Å²) in [7, 11) is 0. The highest BCUT2D eigenvalue weighted by Gasteiger charge is 2.42. The van der Waals surface area contributed by atoms with Crippen LogP contribution in [0.2, 0.25) is 0 Å². The van der Waals surface area contributed by atoms with E-state index in [1.54, 1.807) is 0 Å². The summed E-state index contributed by atoms with van der Waals surface area (Å²) in [5.74, 6) is -10.6. The maximum Gasteiger partial charge on any atom is 0.339 e. The summed E-state index contributed by atoms with van der Waals surface area (Å²) in [6.07, 6.45) is 9.01. The van der Waals surface area contributed by atoms with Crippen molar-refractivity contribution in [3.8, 4) is 0 Å². The van der Waals surface area contributed by atoms with Crippen molar-refractivity contribution >= 4 is 35.8 Å². The van der Waals surface area contributed by atoms with Gasteiger partial charge in [-0.15, -0.1) is 0 Å². The van der Waals surface area contributed by atoms with Crippen LogP contribution < -0.4 is 0 Å². The number of hydrogen-bond acceptors (Lipinski definition) is 9. The Morgan fingerprint density at radius 1 is 0.438 bits per heavy atom. The first kappa shape index (κ1) is 42.1. The van der Waals surface area contributed by atoms with Crippen LogP contribution >= 0.6 is 0 Å². The molecular formula is C36H54O12. The number of carbonyl (C=O) groups excluding carboxylic acids is 3. The molecule has 0 aliphatic heterocycles. The first-order valence-electron chi connectivity index (χ1n) is 17.3. The fraction of sp³-hybridized carbons (Fsp3) is 0.667. The largest absolute Gasteiger partial charge is 0.478 e. The molecule has 12 nitrogen and oxygen atoms in total. The Hall–Kier alpha value is -3.96. The Kier molecular flexibility index (Phi) is 19.1. The van der Waals surface area contributed by atoms with Crippen LogP contribution in [-0.4, -0.2) is 71.0 Å². The molecular weight excluding hydrogens is 624 g/mol. The van der Waals surface area contributed by atoms with E-state index in [0.717, 1.165) is 38.5 Å². The second-order valence-corrected chi connectivity index (χ2v) is 12.2. The highest BCUT2D eigenvalue weighted by molar-refractivity contribution is 6.23. The summed E-state index contributed by atoms with van der Waals surface area (Å²) in [6, 6.07) is 0. The molecule has 3 unspecified atom stereocenters. The number of aromatic carboxylic acids is 3. The standard InChI is InChI=1S/C36H54O12/c1-7-13-16-22(10-4)19-46-34(43)28-26(32(39)40)25(31(37)38)27(33(41)42)29(35(44)47-20-23(11-5)17-14-8-2)30(28)36(45)48-21-24(12-6)18-15-9-3/h22-24H,7-21H2,1-6H3,(H,37,38)(H,39,40)(H,41,42). The molecule has 3 N–H and O–H groups in total. The van der Waals surface area contributed by atoms with Crippen molar-refractivity contribution in [1.29, 1.82) is 0 Å². The smallest absolute Gasteiger partial charge is 0.339 e. The van der Waals surface area contributed by atoms with Gasteiger partial charge in [-0.05, 0) is 37.0 Å². The number of hydrogen-bond donors (Lipinski definition) is 3. The van der Waals surface area contributed by atoms with Crippen LogP contribution in [0.4, 0.5) is 0 Å². The van der Waals surface area contributed by atoms with E-state index in [9.17, 15) is 44.1 Å². The first-order valence-corrected chi connectivity index (χ1v) is 17.3. The molecule has 1 rings (SSSR count). The van der Waals surface area contributed by atoms with E-state index in [2.05, 4.69) is 0 Å². The van der Waals surface area contributed by atoms with Gasteiger partial charge in [-0.25, -0.2) is 28.8 Å². The van der Waals surface area contributed by atoms with Crippen LogP contribution in [0.25, 0.3) is 0 Å². The molecule has 270 valence electrons. The van der Waals surface area contributed by atoms with Crippen LogP contribution in [0.1, 0.15) is 181 Å². The Balaban J connectivity index is 4.11. The maximum atomic E-state index is 13.9. The van der Waals surface area contributed by atoms with Crippen molar-refractivity contribution in [2.75, 3.05) is 19.8 Å². The minimum atomic E-state index is -2.04. The van der Waals surface area contributed by atoms with Gasteiger partial charge < -0.3 is 29.5 Å².